The van der Waals surface area contributed by atoms with Crippen molar-refractivity contribution < 1.29 is 27.3 Å². The Morgan fingerprint density at radius 3 is 1.54 bits per heavy atom. The van der Waals surface area contributed by atoms with Gasteiger partial charge in [0.25, 0.3) is 0 Å². The maximum atomic E-state index is 4.62. The van der Waals surface area contributed by atoms with Crippen LogP contribution in [0, 0.1) is 0 Å². The second-order valence-electron chi connectivity index (χ2n) is 11.1. The zero-order valence-electron chi connectivity index (χ0n) is 26.0. The van der Waals surface area contributed by atoms with Crippen LogP contribution in [0.1, 0.15) is 33.9 Å². The summed E-state index contributed by atoms with van der Waals surface area (Å²) in [5.41, 5.74) is 14.6. The Bertz CT molecular complexity index is 2280. The molecule has 0 saturated heterocycles. The number of H-pyrrole nitrogens is 2. The van der Waals surface area contributed by atoms with Crippen LogP contribution in [-0.2, 0) is 33.7 Å². The van der Waals surface area contributed by atoms with Gasteiger partial charge >= 0.3 is 0 Å². The molecule has 10 rings (SSSR count). The molecule has 0 amide bonds. The van der Waals surface area contributed by atoms with E-state index in [4.69, 9.17) is 0 Å². The molecule has 5 aromatic heterocycles. The summed E-state index contributed by atoms with van der Waals surface area (Å²) >= 11 is 1.61. The van der Waals surface area contributed by atoms with Gasteiger partial charge in [0.05, 0.1) is 28.3 Å². The van der Waals surface area contributed by atoms with Crippen LogP contribution >= 0.6 is 11.3 Å². The molecule has 48 heavy (non-hydrogen) atoms. The van der Waals surface area contributed by atoms with E-state index >= 15 is 0 Å². The van der Waals surface area contributed by atoms with E-state index in [0.717, 1.165) is 61.6 Å². The van der Waals surface area contributed by atoms with E-state index in [0.29, 0.717) is 0 Å². The molecule has 9 heteroatoms. The summed E-state index contributed by atoms with van der Waals surface area (Å²) in [7, 11) is 0. The SMILES string of the molecule is C1=Cc2cc3ccc(cc4ccc(cc5nc(cc1n2)C=C5)[nH]4)[nH]3.[Cd].[Si].c1ccc2c(c1)Cc1ccccc1-2.c1cnc2sccc2n1. The summed E-state index contributed by atoms with van der Waals surface area (Å²) in [4.78, 5) is 25.2. The van der Waals surface area contributed by atoms with Crippen molar-refractivity contribution in [3.8, 4) is 11.1 Å². The van der Waals surface area contributed by atoms with Crippen molar-refractivity contribution in [3.05, 3.63) is 155 Å². The number of hydrogen-bond donors (Lipinski definition) is 2. The van der Waals surface area contributed by atoms with Gasteiger partial charge in [-0.25, -0.2) is 15.0 Å². The maximum absolute atomic E-state index is 4.62. The minimum Gasteiger partial charge on any atom is -0.355 e. The van der Waals surface area contributed by atoms with Gasteiger partial charge in [-0.2, -0.15) is 0 Å². The number of fused-ring (bicyclic) bond motifs is 12. The Hall–Kier alpha value is -4.78. The first-order valence-electron chi connectivity index (χ1n) is 15.1. The first-order valence-corrected chi connectivity index (χ1v) is 15.9. The van der Waals surface area contributed by atoms with Crippen LogP contribution < -0.4 is 0 Å². The second-order valence-corrected chi connectivity index (χ2v) is 12.0. The monoisotopic (exact) mass is 754 g/mol. The van der Waals surface area contributed by atoms with Crippen molar-refractivity contribution in [1.82, 2.24) is 29.9 Å². The van der Waals surface area contributed by atoms with Gasteiger partial charge in [-0.1, -0.05) is 48.5 Å². The Balaban J connectivity index is 0.000000140. The molecule has 6 nitrogen and oxygen atoms in total. The van der Waals surface area contributed by atoms with Gasteiger partial charge in [0.1, 0.15) is 4.83 Å². The van der Waals surface area contributed by atoms with Crippen LogP contribution in [0.15, 0.2) is 121 Å². The van der Waals surface area contributed by atoms with Crippen LogP contribution in [0.5, 0.6) is 0 Å². The van der Waals surface area contributed by atoms with Crippen LogP contribution in [0.25, 0.3) is 67.8 Å². The molecule has 0 atom stereocenters. The summed E-state index contributed by atoms with van der Waals surface area (Å²) in [6, 6.07) is 35.7. The van der Waals surface area contributed by atoms with E-state index in [1.165, 1.54) is 22.3 Å². The van der Waals surface area contributed by atoms with Gasteiger partial charge < -0.3 is 9.97 Å². The molecule has 1 aliphatic carbocycles. The van der Waals surface area contributed by atoms with Gasteiger partial charge in [0.2, 0.25) is 0 Å². The molecule has 0 saturated carbocycles. The summed E-state index contributed by atoms with van der Waals surface area (Å²) < 4.78 is 0. The summed E-state index contributed by atoms with van der Waals surface area (Å²) in [5.74, 6) is 0. The first kappa shape index (κ1) is 33.1. The minimum atomic E-state index is 0. The van der Waals surface area contributed by atoms with Crippen LogP contribution in [0.3, 0.4) is 0 Å². The molecule has 7 aromatic rings. The predicted molar refractivity (Wildman–Crippen MR) is 197 cm³/mol. The minimum absolute atomic E-state index is 0. The predicted octanol–water partition coefficient (Wildman–Crippen LogP) is 9.22. The molecule has 0 fully saturated rings. The smallest absolute Gasteiger partial charge is 0.141 e. The largest absolute Gasteiger partial charge is 0.355 e. The van der Waals surface area contributed by atoms with Crippen molar-refractivity contribution in [3.63, 3.8) is 0 Å². The molecule has 7 heterocycles. The number of hydrogen-bond acceptors (Lipinski definition) is 5. The van der Waals surface area contributed by atoms with Gasteiger partial charge in [-0.15, -0.1) is 11.3 Å². The van der Waals surface area contributed by atoms with Crippen LogP contribution in [0.2, 0.25) is 0 Å². The molecule has 4 radical (unpaired) electrons. The summed E-state index contributed by atoms with van der Waals surface area (Å²) in [6.07, 6.45) is 12.6. The molecule has 0 spiro atoms. The molecule has 0 unspecified atom stereocenters. The zero-order chi connectivity index (χ0) is 30.7. The molecule has 8 bridgehead atoms. The number of aromatic nitrogens is 6. The van der Waals surface area contributed by atoms with Gasteiger partial charge in [-0.3, -0.25) is 4.98 Å². The number of rotatable bonds is 0. The second kappa shape index (κ2) is 15.0. The van der Waals surface area contributed by atoms with Crippen molar-refractivity contribution >= 4 is 79.0 Å². The van der Waals surface area contributed by atoms with Crippen molar-refractivity contribution in [1.29, 1.82) is 0 Å². The quantitative estimate of drug-likeness (QED) is 0.151. The number of nitrogens with one attached hydrogen (secondary N) is 2. The number of nitrogens with zero attached hydrogens (tertiary/aromatic N) is 4. The van der Waals surface area contributed by atoms with Gasteiger partial charge in [0.15, 0.2) is 0 Å². The topological polar surface area (TPSA) is 83.1 Å². The summed E-state index contributed by atoms with van der Waals surface area (Å²) in [6.45, 7) is 0. The molecule has 2 aliphatic heterocycles. The third-order valence-corrected chi connectivity index (χ3v) is 8.65. The average Bonchev–Trinajstić information content (AvgIpc) is 3.93. The van der Waals surface area contributed by atoms with Crippen LogP contribution in [0.4, 0.5) is 0 Å². The van der Waals surface area contributed by atoms with Gasteiger partial charge in [-0.05, 0) is 113 Å². The fraction of sp³-hybridized carbons (Fsp3) is 0.0256. The van der Waals surface area contributed by atoms with Gasteiger partial charge in [0, 0.05) is 72.7 Å². The molecule has 2 aromatic carbocycles. The Morgan fingerprint density at radius 2 is 1.00 bits per heavy atom. The zero-order valence-corrected chi connectivity index (χ0v) is 31.8. The number of benzene rings is 2. The van der Waals surface area contributed by atoms with E-state index in [1.807, 2.05) is 53.9 Å². The molecule has 2 N–H and O–H groups in total. The fourth-order valence-corrected chi connectivity index (χ4v) is 6.42. The normalized spacial score (nSPS) is 11.6. The maximum Gasteiger partial charge on any atom is 0.141 e. The Morgan fingerprint density at radius 1 is 0.521 bits per heavy atom. The molecule has 226 valence electrons. The van der Waals surface area contributed by atoms with E-state index in [2.05, 4.69) is 109 Å². The van der Waals surface area contributed by atoms with Crippen molar-refractivity contribution in [2.45, 2.75) is 6.42 Å². The van der Waals surface area contributed by atoms with E-state index in [-0.39, 0.29) is 38.3 Å². The number of aromatic amines is 2. The molecule has 3 aliphatic rings. The fourth-order valence-electron chi connectivity index (χ4n) is 5.73. The first-order chi connectivity index (χ1) is 22.7. The average molecular weight is 753 g/mol. The summed E-state index contributed by atoms with van der Waals surface area (Å²) in [5, 5.41) is 1.99. The third kappa shape index (κ3) is 7.51. The molecular weight excluding hydrogens is 725 g/mol. The molecular formula is C39H28CdN6SSi. The Kier molecular flexibility index (Phi) is 10.3. The Labute approximate surface area is 306 Å². The standard InChI is InChI=1S/C20H14N4.C13H10.C6H4N2S.Cd.Si/c1-2-14-10-16-5-6-18(23-16)12-20-8-7-19(24-20)11-17-4-3-15(22-17)9-13(1)21-14;1-3-7-12-10(5-1)9-11-6-2-4-8-13(11)12;1-4-9-6-5(1)7-2-3-8-6;;/h1-12,21-22H;1-8H,9H2;1-4H;;. The third-order valence-electron chi connectivity index (χ3n) is 7.84. The van der Waals surface area contributed by atoms with E-state index in [1.54, 1.807) is 23.7 Å². The number of thiophene rings is 1. The van der Waals surface area contributed by atoms with Crippen molar-refractivity contribution in [2.75, 3.05) is 0 Å². The van der Waals surface area contributed by atoms with Crippen LogP contribution in [-0.4, -0.2) is 40.9 Å². The van der Waals surface area contributed by atoms with E-state index in [9.17, 15) is 0 Å². The van der Waals surface area contributed by atoms with E-state index < -0.39 is 0 Å². The van der Waals surface area contributed by atoms with Crippen molar-refractivity contribution in [2.24, 2.45) is 0 Å².